The molecule has 1 aromatic heterocycles. The van der Waals surface area contributed by atoms with Crippen LogP contribution in [-0.4, -0.2) is 19.3 Å². The highest BCUT2D eigenvalue weighted by molar-refractivity contribution is 5.08. The summed E-state index contributed by atoms with van der Waals surface area (Å²) in [6.45, 7) is 0. The Morgan fingerprint density at radius 1 is 1.41 bits per heavy atom. The van der Waals surface area contributed by atoms with Crippen LogP contribution in [0.3, 0.4) is 0 Å². The molecule has 0 radical (unpaired) electrons. The highest BCUT2D eigenvalue weighted by atomic mass is 16.5. The van der Waals surface area contributed by atoms with Crippen molar-refractivity contribution < 1.29 is 9.15 Å². The van der Waals surface area contributed by atoms with Crippen molar-refractivity contribution in [2.45, 2.75) is 50.7 Å². The van der Waals surface area contributed by atoms with E-state index in [1.807, 2.05) is 6.07 Å². The molecule has 2 atom stereocenters. The van der Waals surface area contributed by atoms with Crippen LogP contribution in [-0.2, 0) is 11.2 Å². The first-order chi connectivity index (χ1) is 8.31. The molecule has 1 aliphatic rings. The van der Waals surface area contributed by atoms with Crippen molar-refractivity contribution >= 4 is 0 Å². The molecule has 1 fully saturated rings. The van der Waals surface area contributed by atoms with Crippen LogP contribution >= 0.6 is 0 Å². The Hall–Kier alpha value is -0.800. The quantitative estimate of drug-likeness (QED) is 0.856. The van der Waals surface area contributed by atoms with E-state index in [1.54, 1.807) is 19.6 Å². The second kappa shape index (κ2) is 6.22. The van der Waals surface area contributed by atoms with Crippen LogP contribution < -0.4 is 5.73 Å². The minimum atomic E-state index is 0.0701. The molecule has 0 amide bonds. The normalized spacial score (nSPS) is 21.3. The highest BCUT2D eigenvalue weighted by Gasteiger charge is 2.28. The van der Waals surface area contributed by atoms with Crippen LogP contribution in [0.15, 0.2) is 23.0 Å². The fourth-order valence-electron chi connectivity index (χ4n) is 2.98. The average Bonchev–Trinajstić information content (AvgIpc) is 2.84. The van der Waals surface area contributed by atoms with Crippen molar-refractivity contribution in [3.8, 4) is 0 Å². The first-order valence-electron chi connectivity index (χ1n) is 6.60. The lowest BCUT2D eigenvalue weighted by Gasteiger charge is -2.33. The van der Waals surface area contributed by atoms with E-state index >= 15 is 0 Å². The summed E-state index contributed by atoms with van der Waals surface area (Å²) in [6, 6.07) is 2.05. The molecule has 2 N–H and O–H groups in total. The molecule has 1 aliphatic carbocycles. The summed E-state index contributed by atoms with van der Waals surface area (Å²) < 4.78 is 10.7. The molecular formula is C14H23NO2. The minimum Gasteiger partial charge on any atom is -0.472 e. The fraction of sp³-hybridized carbons (Fsp3) is 0.714. The molecular weight excluding hydrogens is 214 g/mol. The predicted octanol–water partition coefficient (Wildman–Crippen LogP) is 2.74. The standard InChI is InChI=1S/C14H23NO2/c1-16-14(12-5-3-2-4-6-12)13(15)9-11-7-8-17-10-11/h7-8,10,12-14H,2-6,9,15H2,1H3. The number of methoxy groups -OCH3 is 1. The van der Waals surface area contributed by atoms with Gasteiger partial charge in [0.1, 0.15) is 0 Å². The Kier molecular flexibility index (Phi) is 4.63. The Labute approximate surface area is 103 Å². The largest absolute Gasteiger partial charge is 0.472 e. The maximum Gasteiger partial charge on any atom is 0.0935 e. The zero-order chi connectivity index (χ0) is 12.1. The second-order valence-corrected chi connectivity index (χ2v) is 5.10. The Morgan fingerprint density at radius 2 is 2.18 bits per heavy atom. The number of hydrogen-bond donors (Lipinski definition) is 1. The third-order valence-corrected chi connectivity index (χ3v) is 3.86. The van der Waals surface area contributed by atoms with Crippen molar-refractivity contribution in [3.63, 3.8) is 0 Å². The summed E-state index contributed by atoms with van der Waals surface area (Å²) in [7, 11) is 1.79. The molecule has 2 rings (SSSR count). The van der Waals surface area contributed by atoms with Gasteiger partial charge in [0.15, 0.2) is 0 Å². The lowest BCUT2D eigenvalue weighted by molar-refractivity contribution is 0.0178. The van der Waals surface area contributed by atoms with Gasteiger partial charge in [-0.1, -0.05) is 19.3 Å². The molecule has 0 saturated heterocycles. The van der Waals surface area contributed by atoms with E-state index in [-0.39, 0.29) is 12.1 Å². The number of ether oxygens (including phenoxy) is 1. The van der Waals surface area contributed by atoms with Gasteiger partial charge < -0.3 is 14.9 Å². The van der Waals surface area contributed by atoms with Crippen molar-refractivity contribution in [2.75, 3.05) is 7.11 Å². The molecule has 1 heterocycles. The topological polar surface area (TPSA) is 48.4 Å². The van der Waals surface area contributed by atoms with Gasteiger partial charge in [0, 0.05) is 13.2 Å². The summed E-state index contributed by atoms with van der Waals surface area (Å²) in [5, 5.41) is 0. The number of nitrogens with two attached hydrogens (primary N) is 1. The zero-order valence-corrected chi connectivity index (χ0v) is 10.6. The van der Waals surface area contributed by atoms with Gasteiger partial charge in [-0.05, 0) is 36.8 Å². The van der Waals surface area contributed by atoms with Crippen molar-refractivity contribution in [3.05, 3.63) is 24.2 Å². The van der Waals surface area contributed by atoms with Gasteiger partial charge in [0.2, 0.25) is 0 Å². The smallest absolute Gasteiger partial charge is 0.0935 e. The summed E-state index contributed by atoms with van der Waals surface area (Å²) in [4.78, 5) is 0. The van der Waals surface area contributed by atoms with Crippen LogP contribution in [0.2, 0.25) is 0 Å². The Balaban J connectivity index is 1.92. The third kappa shape index (κ3) is 3.33. The molecule has 3 heteroatoms. The molecule has 17 heavy (non-hydrogen) atoms. The first kappa shape index (κ1) is 12.7. The van der Waals surface area contributed by atoms with Gasteiger partial charge in [-0.15, -0.1) is 0 Å². The van der Waals surface area contributed by atoms with Crippen molar-refractivity contribution in [1.82, 2.24) is 0 Å². The van der Waals surface area contributed by atoms with Gasteiger partial charge >= 0.3 is 0 Å². The van der Waals surface area contributed by atoms with Gasteiger partial charge in [0.05, 0.1) is 18.6 Å². The predicted molar refractivity (Wildman–Crippen MR) is 67.8 cm³/mol. The molecule has 0 bridgehead atoms. The molecule has 3 nitrogen and oxygen atoms in total. The molecule has 0 aliphatic heterocycles. The third-order valence-electron chi connectivity index (χ3n) is 3.86. The summed E-state index contributed by atoms with van der Waals surface area (Å²) in [5.41, 5.74) is 7.45. The van der Waals surface area contributed by atoms with E-state index in [0.29, 0.717) is 5.92 Å². The number of rotatable bonds is 5. The van der Waals surface area contributed by atoms with Gasteiger partial charge in [-0.2, -0.15) is 0 Å². The molecule has 1 aromatic rings. The van der Waals surface area contributed by atoms with Crippen LogP contribution in [0.4, 0.5) is 0 Å². The summed E-state index contributed by atoms with van der Waals surface area (Å²) >= 11 is 0. The van der Waals surface area contributed by atoms with Crippen LogP contribution in [0.25, 0.3) is 0 Å². The number of hydrogen-bond acceptors (Lipinski definition) is 3. The van der Waals surface area contributed by atoms with E-state index in [9.17, 15) is 0 Å². The van der Waals surface area contributed by atoms with E-state index < -0.39 is 0 Å². The first-order valence-corrected chi connectivity index (χ1v) is 6.60. The summed E-state index contributed by atoms with van der Waals surface area (Å²) in [5.74, 6) is 0.635. The zero-order valence-electron chi connectivity index (χ0n) is 10.6. The van der Waals surface area contributed by atoms with Gasteiger partial charge in [-0.3, -0.25) is 0 Å². The fourth-order valence-corrected chi connectivity index (χ4v) is 2.98. The SMILES string of the molecule is COC(C(N)Cc1ccoc1)C1CCCCC1. The molecule has 0 aromatic carbocycles. The minimum absolute atomic E-state index is 0.0701. The van der Waals surface area contributed by atoms with E-state index in [4.69, 9.17) is 14.9 Å². The van der Waals surface area contributed by atoms with Crippen LogP contribution in [0, 0.1) is 5.92 Å². The highest BCUT2D eigenvalue weighted by Crippen LogP contribution is 2.29. The maximum atomic E-state index is 6.28. The summed E-state index contributed by atoms with van der Waals surface area (Å²) in [6.07, 6.45) is 11.0. The molecule has 2 unspecified atom stereocenters. The van der Waals surface area contributed by atoms with E-state index in [2.05, 4.69) is 0 Å². The molecule has 96 valence electrons. The lowest BCUT2D eigenvalue weighted by atomic mass is 9.81. The monoisotopic (exact) mass is 237 g/mol. The molecule has 1 saturated carbocycles. The van der Waals surface area contributed by atoms with Crippen molar-refractivity contribution in [1.29, 1.82) is 0 Å². The van der Waals surface area contributed by atoms with E-state index in [0.717, 1.165) is 12.0 Å². The average molecular weight is 237 g/mol. The second-order valence-electron chi connectivity index (χ2n) is 5.10. The van der Waals surface area contributed by atoms with Gasteiger partial charge in [-0.25, -0.2) is 0 Å². The van der Waals surface area contributed by atoms with Crippen LogP contribution in [0.1, 0.15) is 37.7 Å². The number of furan rings is 1. The lowest BCUT2D eigenvalue weighted by Crippen LogP contribution is -2.43. The molecule has 0 spiro atoms. The van der Waals surface area contributed by atoms with Gasteiger partial charge in [0.25, 0.3) is 0 Å². The Morgan fingerprint density at radius 3 is 2.76 bits per heavy atom. The maximum absolute atomic E-state index is 6.28. The van der Waals surface area contributed by atoms with E-state index in [1.165, 1.54) is 32.1 Å². The van der Waals surface area contributed by atoms with Crippen molar-refractivity contribution in [2.24, 2.45) is 11.7 Å². The van der Waals surface area contributed by atoms with Crippen LogP contribution in [0.5, 0.6) is 0 Å². The Bertz CT molecular complexity index is 304.